The molecule has 1 saturated heterocycles. The lowest BCUT2D eigenvalue weighted by molar-refractivity contribution is -0.136. The Morgan fingerprint density at radius 2 is 1.88 bits per heavy atom. The molecular weight excluding hydrogens is 330 g/mol. The van der Waals surface area contributed by atoms with Crippen LogP contribution in [0.15, 0.2) is 29.5 Å². The van der Waals surface area contributed by atoms with Crippen molar-refractivity contribution in [3.63, 3.8) is 0 Å². The summed E-state index contributed by atoms with van der Waals surface area (Å²) in [5.41, 5.74) is 1.16. The number of piperidine rings is 1. The second-order valence-electron chi connectivity index (χ2n) is 7.19. The van der Waals surface area contributed by atoms with Crippen LogP contribution in [0.3, 0.4) is 0 Å². The van der Waals surface area contributed by atoms with Crippen molar-refractivity contribution in [2.75, 3.05) is 13.1 Å². The zero-order valence-corrected chi connectivity index (χ0v) is 14.7. The van der Waals surface area contributed by atoms with E-state index in [4.69, 9.17) is 0 Å². The number of amides is 1. The van der Waals surface area contributed by atoms with Crippen LogP contribution in [-0.4, -0.2) is 43.8 Å². The second-order valence-corrected chi connectivity index (χ2v) is 7.19. The summed E-state index contributed by atoms with van der Waals surface area (Å²) in [6.45, 7) is 1.49. The van der Waals surface area contributed by atoms with Gasteiger partial charge in [0.15, 0.2) is 5.82 Å². The minimum Gasteiger partial charge on any atom is -0.342 e. The minimum atomic E-state index is -0.180. The molecule has 136 valence electrons. The van der Waals surface area contributed by atoms with Crippen molar-refractivity contribution in [3.05, 3.63) is 40.7 Å². The van der Waals surface area contributed by atoms with Crippen LogP contribution in [0.1, 0.15) is 50.1 Å². The number of rotatable bonds is 3. The van der Waals surface area contributed by atoms with E-state index < -0.39 is 0 Å². The number of aromatic amines is 1. The molecular formula is C19H23N5O2. The summed E-state index contributed by atoms with van der Waals surface area (Å²) < 4.78 is 0. The van der Waals surface area contributed by atoms with Crippen molar-refractivity contribution in [1.29, 1.82) is 0 Å². The van der Waals surface area contributed by atoms with Gasteiger partial charge in [-0.25, -0.2) is 9.97 Å². The van der Waals surface area contributed by atoms with Crippen LogP contribution in [-0.2, 0) is 4.79 Å². The van der Waals surface area contributed by atoms with Gasteiger partial charge < -0.3 is 9.88 Å². The molecule has 1 amide bonds. The lowest BCUT2D eigenvalue weighted by Gasteiger charge is -2.33. The maximum atomic E-state index is 12.6. The molecule has 1 aliphatic heterocycles. The van der Waals surface area contributed by atoms with Gasteiger partial charge in [-0.1, -0.05) is 12.8 Å². The van der Waals surface area contributed by atoms with Gasteiger partial charge in [0.1, 0.15) is 5.69 Å². The van der Waals surface area contributed by atoms with Gasteiger partial charge in [-0.15, -0.1) is 0 Å². The molecule has 2 fully saturated rings. The van der Waals surface area contributed by atoms with Gasteiger partial charge in [0.05, 0.1) is 11.9 Å². The van der Waals surface area contributed by atoms with E-state index in [0.29, 0.717) is 17.4 Å². The molecule has 7 nitrogen and oxygen atoms in total. The largest absolute Gasteiger partial charge is 0.342 e. The van der Waals surface area contributed by atoms with E-state index in [0.717, 1.165) is 44.5 Å². The highest BCUT2D eigenvalue weighted by atomic mass is 16.2. The van der Waals surface area contributed by atoms with Crippen molar-refractivity contribution >= 4 is 5.91 Å². The van der Waals surface area contributed by atoms with E-state index in [1.165, 1.54) is 12.8 Å². The first kappa shape index (κ1) is 16.9. The summed E-state index contributed by atoms with van der Waals surface area (Å²) >= 11 is 0. The van der Waals surface area contributed by atoms with Crippen LogP contribution in [0.2, 0.25) is 0 Å². The van der Waals surface area contributed by atoms with Gasteiger partial charge in [-0.3, -0.25) is 14.6 Å². The van der Waals surface area contributed by atoms with Crippen molar-refractivity contribution in [2.24, 2.45) is 5.92 Å². The molecule has 4 rings (SSSR count). The lowest BCUT2D eigenvalue weighted by atomic mass is 9.92. The average molecular weight is 353 g/mol. The first-order chi connectivity index (χ1) is 12.7. The molecule has 2 aromatic rings. The van der Waals surface area contributed by atoms with Gasteiger partial charge in [-0.2, -0.15) is 0 Å². The number of nitrogens with zero attached hydrogens (tertiary/aromatic N) is 4. The van der Waals surface area contributed by atoms with Gasteiger partial charge >= 0.3 is 0 Å². The number of likely N-dealkylation sites (tertiary alicyclic amines) is 1. The Bertz CT molecular complexity index is 821. The van der Waals surface area contributed by atoms with Gasteiger partial charge in [-0.05, 0) is 25.7 Å². The Morgan fingerprint density at radius 3 is 2.58 bits per heavy atom. The average Bonchev–Trinajstić information content (AvgIpc) is 3.22. The van der Waals surface area contributed by atoms with Crippen molar-refractivity contribution in [3.8, 4) is 11.5 Å². The van der Waals surface area contributed by atoms with Gasteiger partial charge in [0.2, 0.25) is 5.91 Å². The van der Waals surface area contributed by atoms with E-state index >= 15 is 0 Å². The highest BCUT2D eigenvalue weighted by molar-refractivity contribution is 5.79. The monoisotopic (exact) mass is 353 g/mol. The molecule has 0 atom stereocenters. The molecule has 0 bridgehead atoms. The number of hydrogen-bond donors (Lipinski definition) is 1. The molecule has 0 unspecified atom stereocenters. The quantitative estimate of drug-likeness (QED) is 0.912. The molecule has 1 N–H and O–H groups in total. The van der Waals surface area contributed by atoms with E-state index in [-0.39, 0.29) is 17.4 Å². The summed E-state index contributed by atoms with van der Waals surface area (Å²) in [6.07, 6.45) is 10.9. The molecule has 7 heteroatoms. The summed E-state index contributed by atoms with van der Waals surface area (Å²) in [5, 5.41) is 0. The molecule has 2 aromatic heterocycles. The van der Waals surface area contributed by atoms with E-state index in [1.807, 2.05) is 4.90 Å². The van der Waals surface area contributed by atoms with Gasteiger partial charge in [0.25, 0.3) is 5.56 Å². The maximum absolute atomic E-state index is 12.6. The molecule has 0 radical (unpaired) electrons. The van der Waals surface area contributed by atoms with E-state index in [1.54, 1.807) is 24.7 Å². The van der Waals surface area contributed by atoms with Crippen molar-refractivity contribution in [1.82, 2.24) is 24.8 Å². The highest BCUT2D eigenvalue weighted by Gasteiger charge is 2.31. The van der Waals surface area contributed by atoms with Crippen molar-refractivity contribution < 1.29 is 4.79 Å². The third kappa shape index (κ3) is 3.52. The predicted octanol–water partition coefficient (Wildman–Crippen LogP) is 2.12. The fourth-order valence-corrected chi connectivity index (χ4v) is 4.05. The molecule has 1 saturated carbocycles. The van der Waals surface area contributed by atoms with Crippen LogP contribution < -0.4 is 5.56 Å². The third-order valence-electron chi connectivity index (χ3n) is 5.50. The van der Waals surface area contributed by atoms with Crippen LogP contribution in [0.5, 0.6) is 0 Å². The number of nitrogens with one attached hydrogen (secondary N) is 1. The molecule has 3 heterocycles. The standard InChI is InChI=1S/C19H23N5O2/c25-17-11-15(22-18(23-17)16-12-20-7-8-21-16)13-5-9-24(10-6-13)19(26)14-3-1-2-4-14/h7-8,11-14H,1-6,9-10H2,(H,22,23,25). The van der Waals surface area contributed by atoms with E-state index in [2.05, 4.69) is 19.9 Å². The van der Waals surface area contributed by atoms with Gasteiger partial charge in [0, 0.05) is 43.4 Å². The topological polar surface area (TPSA) is 91.8 Å². The molecule has 0 spiro atoms. The zero-order valence-electron chi connectivity index (χ0n) is 14.7. The SMILES string of the molecule is O=C(C1CCCC1)N1CCC(c2cc(=O)[nH]c(-c3cnccn3)n2)CC1. The molecule has 2 aliphatic rings. The minimum absolute atomic E-state index is 0.180. The Labute approximate surface area is 151 Å². The highest BCUT2D eigenvalue weighted by Crippen LogP contribution is 2.31. The molecule has 0 aromatic carbocycles. The first-order valence-electron chi connectivity index (χ1n) is 9.37. The fraction of sp³-hybridized carbons (Fsp3) is 0.526. The second kappa shape index (κ2) is 7.35. The number of H-pyrrole nitrogens is 1. The summed E-state index contributed by atoms with van der Waals surface area (Å²) in [7, 11) is 0. The number of carbonyl (C=O) groups excluding carboxylic acids is 1. The van der Waals surface area contributed by atoms with E-state index in [9.17, 15) is 9.59 Å². The smallest absolute Gasteiger partial charge is 0.251 e. The first-order valence-corrected chi connectivity index (χ1v) is 9.37. The van der Waals surface area contributed by atoms with Crippen LogP contribution >= 0.6 is 0 Å². The number of hydrogen-bond acceptors (Lipinski definition) is 5. The molecule has 1 aliphatic carbocycles. The summed E-state index contributed by atoms with van der Waals surface area (Å²) in [5.74, 6) is 1.19. The summed E-state index contributed by atoms with van der Waals surface area (Å²) in [6, 6.07) is 1.57. The predicted molar refractivity (Wildman–Crippen MR) is 96.4 cm³/mol. The Balaban J connectivity index is 1.47. The number of aromatic nitrogens is 4. The van der Waals surface area contributed by atoms with Crippen molar-refractivity contribution in [2.45, 2.75) is 44.4 Å². The Morgan fingerprint density at radius 1 is 1.12 bits per heavy atom. The Hall–Kier alpha value is -2.57. The lowest BCUT2D eigenvalue weighted by Crippen LogP contribution is -2.41. The van der Waals surface area contributed by atoms with Crippen LogP contribution in [0.25, 0.3) is 11.5 Å². The Kier molecular flexibility index (Phi) is 4.77. The number of carbonyl (C=O) groups is 1. The van der Waals surface area contributed by atoms with Crippen LogP contribution in [0.4, 0.5) is 0 Å². The van der Waals surface area contributed by atoms with Crippen LogP contribution in [0, 0.1) is 5.92 Å². The maximum Gasteiger partial charge on any atom is 0.251 e. The zero-order chi connectivity index (χ0) is 17.9. The normalized spacial score (nSPS) is 19.0. The third-order valence-corrected chi connectivity index (χ3v) is 5.50. The molecule has 26 heavy (non-hydrogen) atoms. The summed E-state index contributed by atoms with van der Waals surface area (Å²) in [4.78, 5) is 42.2. The fourth-order valence-electron chi connectivity index (χ4n) is 4.05.